The summed E-state index contributed by atoms with van der Waals surface area (Å²) < 4.78 is 4.88. The molecular formula is C29H34N4O4S. The molecule has 1 atom stereocenters. The number of rotatable bonds is 8. The molecule has 8 nitrogen and oxygen atoms in total. The standard InChI is InChI=1S/C29H34N4O4S/c1-5-37-25(35)14-13-24(34)31-22-10-8-21(9-11-22)27-26(20(4)30-29-33(27)15-6-16-38-29)28(36)32-23-12-7-18(2)17-19(23)3/h7-12,17,27H,5-6,13-16H2,1-4H3,(H,31,34)(H,32,36). The fraction of sp³-hybridized carbons (Fsp3) is 0.379. The molecule has 1 saturated heterocycles. The van der Waals surface area contributed by atoms with Crippen molar-refractivity contribution in [2.75, 3.05) is 29.5 Å². The average Bonchev–Trinajstić information content (AvgIpc) is 2.89. The maximum Gasteiger partial charge on any atom is 0.306 e. The Morgan fingerprint density at radius 1 is 1.05 bits per heavy atom. The van der Waals surface area contributed by atoms with Crippen LogP contribution in [-0.2, 0) is 19.1 Å². The zero-order valence-corrected chi connectivity index (χ0v) is 23.1. The molecule has 38 heavy (non-hydrogen) atoms. The maximum atomic E-state index is 13.7. The summed E-state index contributed by atoms with van der Waals surface area (Å²) in [5.41, 5.74) is 5.81. The molecular weight excluding hydrogens is 500 g/mol. The number of hydrogen-bond donors (Lipinski definition) is 2. The van der Waals surface area contributed by atoms with E-state index in [0.717, 1.165) is 46.3 Å². The zero-order chi connectivity index (χ0) is 27.2. The molecule has 2 heterocycles. The lowest BCUT2D eigenvalue weighted by Gasteiger charge is -2.41. The Hall–Kier alpha value is -3.59. The van der Waals surface area contributed by atoms with E-state index in [4.69, 9.17) is 9.73 Å². The summed E-state index contributed by atoms with van der Waals surface area (Å²) >= 11 is 1.71. The molecule has 4 rings (SSSR count). The van der Waals surface area contributed by atoms with Gasteiger partial charge in [0, 0.05) is 30.1 Å². The molecule has 2 N–H and O–H groups in total. The highest BCUT2D eigenvalue weighted by Gasteiger charge is 2.37. The van der Waals surface area contributed by atoms with Gasteiger partial charge in [0.2, 0.25) is 5.91 Å². The van der Waals surface area contributed by atoms with Crippen LogP contribution in [0, 0.1) is 13.8 Å². The van der Waals surface area contributed by atoms with Crippen LogP contribution in [0.4, 0.5) is 11.4 Å². The van der Waals surface area contributed by atoms with E-state index >= 15 is 0 Å². The van der Waals surface area contributed by atoms with Crippen molar-refractivity contribution in [3.05, 3.63) is 70.4 Å². The van der Waals surface area contributed by atoms with Gasteiger partial charge in [-0.1, -0.05) is 41.6 Å². The number of benzene rings is 2. The molecule has 2 amide bonds. The molecule has 2 aromatic carbocycles. The van der Waals surface area contributed by atoms with Crippen LogP contribution in [-0.4, -0.2) is 46.8 Å². The second-order valence-electron chi connectivity index (χ2n) is 9.44. The van der Waals surface area contributed by atoms with Gasteiger partial charge in [0.15, 0.2) is 5.17 Å². The first-order valence-electron chi connectivity index (χ1n) is 12.9. The molecule has 0 spiro atoms. The molecule has 2 aliphatic rings. The Kier molecular flexibility index (Phi) is 8.89. The number of aryl methyl sites for hydroxylation is 2. The van der Waals surface area contributed by atoms with Gasteiger partial charge in [-0.3, -0.25) is 14.4 Å². The van der Waals surface area contributed by atoms with Gasteiger partial charge in [-0.25, -0.2) is 4.99 Å². The maximum absolute atomic E-state index is 13.7. The quantitative estimate of drug-likeness (QED) is 0.443. The van der Waals surface area contributed by atoms with Crippen LogP contribution in [0.3, 0.4) is 0 Å². The van der Waals surface area contributed by atoms with Crippen LogP contribution in [0.15, 0.2) is 58.7 Å². The molecule has 0 aliphatic carbocycles. The minimum atomic E-state index is -0.388. The number of anilines is 2. The zero-order valence-electron chi connectivity index (χ0n) is 22.3. The van der Waals surface area contributed by atoms with Gasteiger partial charge in [-0.2, -0.15) is 0 Å². The predicted octanol–water partition coefficient (Wildman–Crippen LogP) is 5.35. The highest BCUT2D eigenvalue weighted by molar-refractivity contribution is 8.13. The summed E-state index contributed by atoms with van der Waals surface area (Å²) in [4.78, 5) is 44.5. The number of thioether (sulfide) groups is 1. The van der Waals surface area contributed by atoms with Crippen molar-refractivity contribution in [2.45, 2.75) is 53.0 Å². The normalized spacial score (nSPS) is 16.9. The van der Waals surface area contributed by atoms with Gasteiger partial charge in [0.1, 0.15) is 0 Å². The van der Waals surface area contributed by atoms with Crippen molar-refractivity contribution in [1.29, 1.82) is 0 Å². The van der Waals surface area contributed by atoms with E-state index in [-0.39, 0.29) is 36.7 Å². The largest absolute Gasteiger partial charge is 0.466 e. The minimum Gasteiger partial charge on any atom is -0.466 e. The van der Waals surface area contributed by atoms with Gasteiger partial charge >= 0.3 is 5.97 Å². The van der Waals surface area contributed by atoms with E-state index in [1.54, 1.807) is 18.7 Å². The molecule has 0 aromatic heterocycles. The van der Waals surface area contributed by atoms with Crippen molar-refractivity contribution in [1.82, 2.24) is 4.90 Å². The Labute approximate surface area is 227 Å². The number of ether oxygens (including phenoxy) is 1. The number of allylic oxidation sites excluding steroid dienone is 1. The predicted molar refractivity (Wildman–Crippen MR) is 152 cm³/mol. The third-order valence-electron chi connectivity index (χ3n) is 6.50. The summed E-state index contributed by atoms with van der Waals surface area (Å²) in [6.07, 6.45) is 1.09. The van der Waals surface area contributed by atoms with Gasteiger partial charge < -0.3 is 20.3 Å². The molecule has 1 unspecified atom stereocenters. The lowest BCUT2D eigenvalue weighted by atomic mass is 9.93. The Balaban J connectivity index is 1.56. The highest BCUT2D eigenvalue weighted by atomic mass is 32.2. The fourth-order valence-corrected chi connectivity index (χ4v) is 5.69. The highest BCUT2D eigenvalue weighted by Crippen LogP contribution is 2.40. The van der Waals surface area contributed by atoms with Gasteiger partial charge in [0.25, 0.3) is 5.91 Å². The molecule has 2 aliphatic heterocycles. The van der Waals surface area contributed by atoms with Crippen LogP contribution in [0.2, 0.25) is 0 Å². The Morgan fingerprint density at radius 2 is 1.82 bits per heavy atom. The number of esters is 1. The Morgan fingerprint density at radius 3 is 2.53 bits per heavy atom. The molecule has 0 radical (unpaired) electrons. The summed E-state index contributed by atoms with van der Waals surface area (Å²) in [6, 6.07) is 13.2. The van der Waals surface area contributed by atoms with Crippen LogP contribution < -0.4 is 10.6 Å². The van der Waals surface area contributed by atoms with Crippen LogP contribution >= 0.6 is 11.8 Å². The van der Waals surface area contributed by atoms with Gasteiger partial charge in [-0.05, 0) is 63.4 Å². The van der Waals surface area contributed by atoms with Crippen LogP contribution in [0.5, 0.6) is 0 Å². The summed E-state index contributed by atoms with van der Waals surface area (Å²) in [5.74, 6) is 0.181. The summed E-state index contributed by atoms with van der Waals surface area (Å²) in [6.45, 7) is 8.73. The first-order valence-corrected chi connectivity index (χ1v) is 13.9. The summed E-state index contributed by atoms with van der Waals surface area (Å²) in [5, 5.41) is 6.87. The smallest absolute Gasteiger partial charge is 0.306 e. The lowest BCUT2D eigenvalue weighted by Crippen LogP contribution is -2.43. The molecule has 9 heteroatoms. The number of carbonyl (C=O) groups excluding carboxylic acids is 3. The van der Waals surface area contributed by atoms with Crippen molar-refractivity contribution in [2.24, 2.45) is 4.99 Å². The van der Waals surface area contributed by atoms with E-state index in [9.17, 15) is 14.4 Å². The lowest BCUT2D eigenvalue weighted by molar-refractivity contribution is -0.144. The Bertz CT molecular complexity index is 1290. The molecule has 1 fully saturated rings. The molecule has 200 valence electrons. The van der Waals surface area contributed by atoms with Crippen LogP contribution in [0.25, 0.3) is 0 Å². The number of nitrogens with one attached hydrogen (secondary N) is 2. The second kappa shape index (κ2) is 12.3. The monoisotopic (exact) mass is 534 g/mol. The molecule has 0 bridgehead atoms. The van der Waals surface area contributed by atoms with E-state index < -0.39 is 0 Å². The van der Waals surface area contributed by atoms with Gasteiger partial charge in [0.05, 0.1) is 30.3 Å². The first-order chi connectivity index (χ1) is 18.3. The van der Waals surface area contributed by atoms with Crippen molar-refractivity contribution in [3.63, 3.8) is 0 Å². The second-order valence-corrected chi connectivity index (χ2v) is 10.5. The molecule has 0 saturated carbocycles. The van der Waals surface area contributed by atoms with E-state index in [0.29, 0.717) is 23.6 Å². The van der Waals surface area contributed by atoms with E-state index in [2.05, 4.69) is 15.5 Å². The van der Waals surface area contributed by atoms with Gasteiger partial charge in [-0.15, -0.1) is 0 Å². The SMILES string of the molecule is CCOC(=O)CCC(=O)Nc1ccc(C2C(C(=O)Nc3ccc(C)cc3C)=C(C)N=C3SCCCN32)cc1. The van der Waals surface area contributed by atoms with E-state index in [1.807, 2.05) is 63.2 Å². The number of fused-ring (bicyclic) bond motifs is 1. The number of carbonyl (C=O) groups is 3. The fourth-order valence-electron chi connectivity index (χ4n) is 4.67. The van der Waals surface area contributed by atoms with Crippen molar-refractivity contribution in [3.8, 4) is 0 Å². The summed E-state index contributed by atoms with van der Waals surface area (Å²) in [7, 11) is 0. The minimum absolute atomic E-state index is 0.0393. The first kappa shape index (κ1) is 27.4. The van der Waals surface area contributed by atoms with E-state index in [1.165, 1.54) is 0 Å². The van der Waals surface area contributed by atoms with Crippen molar-refractivity contribution >= 4 is 46.1 Å². The number of aliphatic imine (C=N–C) groups is 1. The molecule has 2 aromatic rings. The number of amides is 2. The topological polar surface area (TPSA) is 100 Å². The third kappa shape index (κ3) is 6.45. The van der Waals surface area contributed by atoms with Crippen molar-refractivity contribution < 1.29 is 19.1 Å². The number of hydrogen-bond acceptors (Lipinski definition) is 7. The van der Waals surface area contributed by atoms with Crippen LogP contribution in [0.1, 0.15) is 55.8 Å². The average molecular weight is 535 g/mol. The number of nitrogens with zero attached hydrogens (tertiary/aromatic N) is 2. The number of amidine groups is 1. The third-order valence-corrected chi connectivity index (χ3v) is 7.58.